The molecule has 6 heteroatoms. The zero-order valence-corrected chi connectivity index (χ0v) is 10.3. The smallest absolute Gasteiger partial charge is 0.315 e. The predicted octanol–water partition coefficient (Wildman–Crippen LogP) is 1.61. The molecule has 0 spiro atoms. The SMILES string of the molecule is CCSC1CCCC1Nc1nnc(CN)o1. The van der Waals surface area contributed by atoms with E-state index in [1.165, 1.54) is 19.3 Å². The van der Waals surface area contributed by atoms with Crippen molar-refractivity contribution in [1.29, 1.82) is 0 Å². The van der Waals surface area contributed by atoms with Gasteiger partial charge in [0.15, 0.2) is 0 Å². The van der Waals surface area contributed by atoms with Crippen LogP contribution in [0.1, 0.15) is 32.1 Å². The summed E-state index contributed by atoms with van der Waals surface area (Å²) in [6, 6.07) is 0.963. The minimum absolute atomic E-state index is 0.298. The average Bonchev–Trinajstić information content (AvgIpc) is 2.90. The quantitative estimate of drug-likeness (QED) is 0.817. The van der Waals surface area contributed by atoms with Crippen LogP contribution in [0.4, 0.5) is 6.01 Å². The van der Waals surface area contributed by atoms with Crippen LogP contribution in [0, 0.1) is 0 Å². The summed E-state index contributed by atoms with van der Waals surface area (Å²) in [6.07, 6.45) is 3.72. The van der Waals surface area contributed by atoms with E-state index in [0.717, 1.165) is 5.75 Å². The Bertz CT molecular complexity index is 330. The van der Waals surface area contributed by atoms with E-state index in [1.807, 2.05) is 11.8 Å². The highest BCUT2D eigenvalue weighted by Gasteiger charge is 2.28. The van der Waals surface area contributed by atoms with E-state index >= 15 is 0 Å². The zero-order valence-electron chi connectivity index (χ0n) is 9.48. The van der Waals surface area contributed by atoms with Crippen molar-refractivity contribution in [1.82, 2.24) is 10.2 Å². The van der Waals surface area contributed by atoms with Gasteiger partial charge < -0.3 is 15.5 Å². The van der Waals surface area contributed by atoms with E-state index in [9.17, 15) is 0 Å². The van der Waals surface area contributed by atoms with Gasteiger partial charge in [-0.15, -0.1) is 5.10 Å². The Kier molecular flexibility index (Phi) is 4.06. The highest BCUT2D eigenvalue weighted by atomic mass is 32.2. The first kappa shape index (κ1) is 11.7. The molecule has 2 rings (SSSR count). The summed E-state index contributed by atoms with van der Waals surface area (Å²) in [4.78, 5) is 0. The lowest BCUT2D eigenvalue weighted by Crippen LogP contribution is -2.26. The first-order chi connectivity index (χ1) is 7.83. The third kappa shape index (κ3) is 2.68. The minimum Gasteiger partial charge on any atom is -0.407 e. The van der Waals surface area contributed by atoms with Crippen molar-refractivity contribution in [2.24, 2.45) is 5.73 Å². The molecular weight excluding hydrogens is 224 g/mol. The Morgan fingerprint density at radius 1 is 1.50 bits per heavy atom. The predicted molar refractivity (Wildman–Crippen MR) is 65.4 cm³/mol. The maximum absolute atomic E-state index is 5.42. The number of aromatic nitrogens is 2. The molecule has 2 atom stereocenters. The molecule has 1 aliphatic carbocycles. The fourth-order valence-electron chi connectivity index (χ4n) is 2.06. The van der Waals surface area contributed by atoms with Crippen LogP contribution in [0.5, 0.6) is 0 Å². The number of hydrogen-bond acceptors (Lipinski definition) is 6. The molecule has 16 heavy (non-hydrogen) atoms. The van der Waals surface area contributed by atoms with Gasteiger partial charge in [0.2, 0.25) is 5.89 Å². The van der Waals surface area contributed by atoms with Gasteiger partial charge in [-0.1, -0.05) is 18.4 Å². The molecular formula is C10H18N4OS. The van der Waals surface area contributed by atoms with Crippen molar-refractivity contribution in [3.63, 3.8) is 0 Å². The lowest BCUT2D eigenvalue weighted by atomic mass is 10.2. The number of nitrogens with zero attached hydrogens (tertiary/aromatic N) is 2. The van der Waals surface area contributed by atoms with Crippen molar-refractivity contribution in [2.75, 3.05) is 11.1 Å². The molecule has 1 aromatic heterocycles. The summed E-state index contributed by atoms with van der Waals surface area (Å²) in [5.74, 6) is 1.64. The standard InChI is InChI=1S/C10H18N4OS/c1-2-16-8-5-3-4-7(8)12-10-14-13-9(6-11)15-10/h7-8H,2-6,11H2,1H3,(H,12,14). The van der Waals surface area contributed by atoms with Crippen molar-refractivity contribution in [2.45, 2.75) is 44.0 Å². The normalized spacial score (nSPS) is 24.9. The van der Waals surface area contributed by atoms with E-state index in [-0.39, 0.29) is 0 Å². The lowest BCUT2D eigenvalue weighted by Gasteiger charge is -2.18. The second-order valence-electron chi connectivity index (χ2n) is 3.88. The van der Waals surface area contributed by atoms with Gasteiger partial charge >= 0.3 is 6.01 Å². The van der Waals surface area contributed by atoms with Crippen molar-refractivity contribution in [3.05, 3.63) is 5.89 Å². The molecule has 3 N–H and O–H groups in total. The molecule has 1 aliphatic rings. The largest absolute Gasteiger partial charge is 0.407 e. The molecule has 90 valence electrons. The second kappa shape index (κ2) is 5.54. The van der Waals surface area contributed by atoms with Gasteiger partial charge in [0.25, 0.3) is 0 Å². The number of anilines is 1. The number of nitrogens with two attached hydrogens (primary N) is 1. The third-order valence-corrected chi connectivity index (χ3v) is 4.11. The molecule has 0 aliphatic heterocycles. The lowest BCUT2D eigenvalue weighted by molar-refractivity contribution is 0.501. The number of rotatable bonds is 5. The van der Waals surface area contributed by atoms with Crippen LogP contribution in [-0.2, 0) is 6.54 Å². The second-order valence-corrected chi connectivity index (χ2v) is 5.40. The van der Waals surface area contributed by atoms with Gasteiger partial charge in [-0.2, -0.15) is 11.8 Å². The van der Waals surface area contributed by atoms with E-state index in [4.69, 9.17) is 10.2 Å². The molecule has 1 saturated carbocycles. The van der Waals surface area contributed by atoms with E-state index in [1.54, 1.807) is 0 Å². The van der Waals surface area contributed by atoms with Crippen LogP contribution in [-0.4, -0.2) is 27.2 Å². The van der Waals surface area contributed by atoms with Crippen LogP contribution in [0.2, 0.25) is 0 Å². The molecule has 0 saturated heterocycles. The fourth-order valence-corrected chi connectivity index (χ4v) is 3.26. The summed E-state index contributed by atoms with van der Waals surface area (Å²) in [7, 11) is 0. The maximum atomic E-state index is 5.42. The van der Waals surface area contributed by atoms with Crippen LogP contribution >= 0.6 is 11.8 Å². The van der Waals surface area contributed by atoms with Gasteiger partial charge in [0.1, 0.15) is 0 Å². The first-order valence-corrected chi connectivity index (χ1v) is 6.79. The molecule has 0 aromatic carbocycles. The highest BCUT2D eigenvalue weighted by Crippen LogP contribution is 2.31. The molecule has 2 unspecified atom stereocenters. The molecule has 1 aromatic rings. The third-order valence-electron chi connectivity index (χ3n) is 2.78. The van der Waals surface area contributed by atoms with Crippen molar-refractivity contribution < 1.29 is 4.42 Å². The highest BCUT2D eigenvalue weighted by molar-refractivity contribution is 7.99. The minimum atomic E-state index is 0.298. The van der Waals surface area contributed by atoms with Crippen molar-refractivity contribution >= 4 is 17.8 Å². The van der Waals surface area contributed by atoms with Gasteiger partial charge in [-0.05, 0) is 18.6 Å². The summed E-state index contributed by atoms with van der Waals surface area (Å²) >= 11 is 2.00. The summed E-state index contributed by atoms with van der Waals surface area (Å²) in [6.45, 7) is 2.49. The summed E-state index contributed by atoms with van der Waals surface area (Å²) < 4.78 is 5.35. The Morgan fingerprint density at radius 2 is 2.38 bits per heavy atom. The average molecular weight is 242 g/mol. The number of hydrogen-bond donors (Lipinski definition) is 2. The molecule has 5 nitrogen and oxygen atoms in total. The molecule has 1 heterocycles. The molecule has 1 fully saturated rings. The van der Waals surface area contributed by atoms with Crippen LogP contribution < -0.4 is 11.1 Å². The molecule has 0 amide bonds. The van der Waals surface area contributed by atoms with Crippen molar-refractivity contribution in [3.8, 4) is 0 Å². The van der Waals surface area contributed by atoms with E-state index < -0.39 is 0 Å². The Labute approximate surface area is 99.6 Å². The van der Waals surface area contributed by atoms with Crippen LogP contribution in [0.3, 0.4) is 0 Å². The van der Waals surface area contributed by atoms with E-state index in [0.29, 0.717) is 29.7 Å². The van der Waals surface area contributed by atoms with Gasteiger partial charge in [0, 0.05) is 11.3 Å². The van der Waals surface area contributed by atoms with Gasteiger partial charge in [-0.3, -0.25) is 0 Å². The summed E-state index contributed by atoms with van der Waals surface area (Å²) in [5, 5.41) is 11.7. The summed E-state index contributed by atoms with van der Waals surface area (Å²) in [5.41, 5.74) is 5.42. The number of thioether (sulfide) groups is 1. The Balaban J connectivity index is 1.92. The topological polar surface area (TPSA) is 77.0 Å². The van der Waals surface area contributed by atoms with Crippen LogP contribution in [0.25, 0.3) is 0 Å². The first-order valence-electron chi connectivity index (χ1n) is 5.74. The Morgan fingerprint density at radius 3 is 3.06 bits per heavy atom. The molecule has 0 radical (unpaired) electrons. The fraction of sp³-hybridized carbons (Fsp3) is 0.800. The number of nitrogens with one attached hydrogen (secondary N) is 1. The Hall–Kier alpha value is -0.750. The monoisotopic (exact) mass is 242 g/mol. The van der Waals surface area contributed by atoms with Gasteiger partial charge in [-0.25, -0.2) is 0 Å². The maximum Gasteiger partial charge on any atom is 0.315 e. The van der Waals surface area contributed by atoms with E-state index in [2.05, 4.69) is 22.4 Å². The van der Waals surface area contributed by atoms with Gasteiger partial charge in [0.05, 0.1) is 6.54 Å². The molecule has 0 bridgehead atoms. The zero-order chi connectivity index (χ0) is 11.4. The van der Waals surface area contributed by atoms with Crippen LogP contribution in [0.15, 0.2) is 4.42 Å².